The average Bonchev–Trinajstić information content (AvgIpc) is 1.95. The standard InChI is InChI=1S/C12H20S/c1-11(2)12(3)9-7-8-10-13(4,5)6/h1,3,7,9H2,2,4-6H3. The molecule has 0 aromatic heterocycles. The molecule has 0 rings (SSSR count). The van der Waals surface area contributed by atoms with Gasteiger partial charge in [0.25, 0.3) is 0 Å². The molecule has 1 heteroatoms. The molecule has 0 saturated carbocycles. The van der Waals surface area contributed by atoms with Crippen LogP contribution in [0.2, 0.25) is 0 Å². The van der Waals surface area contributed by atoms with Crippen molar-refractivity contribution in [3.8, 4) is 11.2 Å². The first-order chi connectivity index (χ1) is 5.83. The van der Waals surface area contributed by atoms with Gasteiger partial charge in [0.2, 0.25) is 0 Å². The summed E-state index contributed by atoms with van der Waals surface area (Å²) < 4.78 is 0. The first kappa shape index (κ1) is 12.4. The predicted octanol–water partition coefficient (Wildman–Crippen LogP) is 3.55. The molecule has 13 heavy (non-hydrogen) atoms. The Morgan fingerprint density at radius 3 is 2.15 bits per heavy atom. The minimum Gasteiger partial charge on any atom is -0.186 e. The fourth-order valence-corrected chi connectivity index (χ4v) is 1.23. The molecule has 0 atom stereocenters. The lowest BCUT2D eigenvalue weighted by molar-refractivity contribution is 1.02. The minimum absolute atomic E-state index is 0.656. The number of hydrogen-bond donors (Lipinski definition) is 0. The molecule has 0 N–H and O–H groups in total. The van der Waals surface area contributed by atoms with Gasteiger partial charge in [-0.3, -0.25) is 0 Å². The topological polar surface area (TPSA) is 0 Å². The maximum atomic E-state index is 3.93. The zero-order chi connectivity index (χ0) is 10.5. The van der Waals surface area contributed by atoms with Crippen LogP contribution in [0.3, 0.4) is 0 Å². The highest BCUT2D eigenvalue weighted by molar-refractivity contribution is 8.35. The van der Waals surface area contributed by atoms with Crippen LogP contribution < -0.4 is 0 Å². The summed E-state index contributed by atoms with van der Waals surface area (Å²) in [7, 11) is -0.656. The Kier molecular flexibility index (Phi) is 4.95. The van der Waals surface area contributed by atoms with Gasteiger partial charge in [0.15, 0.2) is 0 Å². The maximum absolute atomic E-state index is 3.93. The van der Waals surface area contributed by atoms with Gasteiger partial charge >= 0.3 is 0 Å². The summed E-state index contributed by atoms with van der Waals surface area (Å²) >= 11 is 0. The van der Waals surface area contributed by atoms with Gasteiger partial charge in [-0.25, -0.2) is 0 Å². The molecule has 0 spiro atoms. The Morgan fingerprint density at radius 2 is 1.77 bits per heavy atom. The van der Waals surface area contributed by atoms with E-state index >= 15 is 0 Å². The molecule has 0 heterocycles. The molecule has 0 aliphatic rings. The molecule has 0 fully saturated rings. The summed E-state index contributed by atoms with van der Waals surface area (Å²) in [6.45, 7) is 9.76. The van der Waals surface area contributed by atoms with Gasteiger partial charge in [-0.2, -0.15) is 10.0 Å². The lowest BCUT2D eigenvalue weighted by atomic mass is 10.1. The Balaban J connectivity index is 3.85. The molecular weight excluding hydrogens is 176 g/mol. The van der Waals surface area contributed by atoms with Crippen molar-refractivity contribution in [1.82, 2.24) is 0 Å². The molecule has 0 aromatic rings. The second-order valence-corrected chi connectivity index (χ2v) is 7.88. The zero-order valence-corrected chi connectivity index (χ0v) is 10.1. The van der Waals surface area contributed by atoms with Crippen molar-refractivity contribution in [3.05, 3.63) is 24.3 Å². The van der Waals surface area contributed by atoms with Crippen LogP contribution in [0.4, 0.5) is 0 Å². The third kappa shape index (κ3) is 7.74. The van der Waals surface area contributed by atoms with Crippen molar-refractivity contribution in [2.75, 3.05) is 18.8 Å². The van der Waals surface area contributed by atoms with Crippen LogP contribution in [0, 0.1) is 11.2 Å². The van der Waals surface area contributed by atoms with Crippen molar-refractivity contribution in [3.63, 3.8) is 0 Å². The summed E-state index contributed by atoms with van der Waals surface area (Å²) in [6.07, 6.45) is 8.47. The van der Waals surface area contributed by atoms with Gasteiger partial charge < -0.3 is 0 Å². The molecule has 0 radical (unpaired) electrons. The molecule has 0 nitrogen and oxygen atoms in total. The zero-order valence-electron chi connectivity index (χ0n) is 9.24. The molecule has 0 aromatic carbocycles. The van der Waals surface area contributed by atoms with E-state index in [-0.39, 0.29) is 0 Å². The molecule has 0 saturated heterocycles. The molecule has 0 unspecified atom stereocenters. The molecule has 0 aliphatic carbocycles. The number of allylic oxidation sites excluding steroid dienone is 2. The summed E-state index contributed by atoms with van der Waals surface area (Å²) in [5.41, 5.74) is 2.20. The monoisotopic (exact) mass is 196 g/mol. The van der Waals surface area contributed by atoms with Gasteiger partial charge in [-0.15, -0.1) is 0 Å². The third-order valence-corrected chi connectivity index (χ3v) is 2.29. The largest absolute Gasteiger partial charge is 0.186 e. The molecule has 0 aliphatic heterocycles. The smallest absolute Gasteiger partial charge is 0.0137 e. The summed E-state index contributed by atoms with van der Waals surface area (Å²) in [5, 5.41) is 3.28. The Morgan fingerprint density at radius 1 is 1.23 bits per heavy atom. The first-order valence-corrected chi connectivity index (χ1v) is 7.20. The van der Waals surface area contributed by atoms with Crippen LogP contribution in [0.1, 0.15) is 19.8 Å². The van der Waals surface area contributed by atoms with E-state index in [1.54, 1.807) is 0 Å². The van der Waals surface area contributed by atoms with Crippen LogP contribution in [-0.2, 0) is 0 Å². The lowest BCUT2D eigenvalue weighted by Gasteiger charge is -2.14. The predicted molar refractivity (Wildman–Crippen MR) is 66.3 cm³/mol. The number of hydrogen-bond acceptors (Lipinski definition) is 0. The highest BCUT2D eigenvalue weighted by Gasteiger charge is 1.96. The molecule has 0 bridgehead atoms. The van der Waals surface area contributed by atoms with Crippen molar-refractivity contribution < 1.29 is 0 Å². The Hall–Kier alpha value is -0.610. The van der Waals surface area contributed by atoms with Crippen LogP contribution in [-0.4, -0.2) is 18.8 Å². The van der Waals surface area contributed by atoms with Crippen LogP contribution in [0.5, 0.6) is 0 Å². The fourth-order valence-electron chi connectivity index (χ4n) is 0.694. The normalized spacial score (nSPS) is 11.4. The highest BCUT2D eigenvalue weighted by atomic mass is 32.3. The first-order valence-electron chi connectivity index (χ1n) is 4.34. The Bertz CT molecular complexity index is 255. The van der Waals surface area contributed by atoms with Gasteiger partial charge in [-0.1, -0.05) is 35.5 Å². The number of rotatable bonds is 3. The van der Waals surface area contributed by atoms with Crippen molar-refractivity contribution in [2.24, 2.45) is 0 Å². The molecule has 74 valence electrons. The van der Waals surface area contributed by atoms with E-state index in [0.717, 1.165) is 24.0 Å². The van der Waals surface area contributed by atoms with Gasteiger partial charge in [0, 0.05) is 6.42 Å². The molecule has 0 amide bonds. The van der Waals surface area contributed by atoms with E-state index in [4.69, 9.17) is 0 Å². The van der Waals surface area contributed by atoms with E-state index in [9.17, 15) is 0 Å². The van der Waals surface area contributed by atoms with E-state index < -0.39 is 10.0 Å². The van der Waals surface area contributed by atoms with E-state index in [1.807, 2.05) is 6.92 Å². The van der Waals surface area contributed by atoms with Gasteiger partial charge in [0.1, 0.15) is 0 Å². The second-order valence-electron chi connectivity index (χ2n) is 4.00. The SMILES string of the molecule is C=C(C)C(=C)CCC#CS(C)(C)C. The van der Waals surface area contributed by atoms with Crippen molar-refractivity contribution in [2.45, 2.75) is 19.8 Å². The van der Waals surface area contributed by atoms with E-state index in [2.05, 4.69) is 43.1 Å². The van der Waals surface area contributed by atoms with E-state index in [1.165, 1.54) is 0 Å². The summed E-state index contributed by atoms with van der Waals surface area (Å²) in [5.74, 6) is 3.20. The Labute approximate surface area is 84.4 Å². The summed E-state index contributed by atoms with van der Waals surface area (Å²) in [6, 6.07) is 0. The van der Waals surface area contributed by atoms with Crippen molar-refractivity contribution >= 4 is 10.0 Å². The van der Waals surface area contributed by atoms with Gasteiger partial charge in [-0.05, 0) is 32.1 Å². The van der Waals surface area contributed by atoms with Crippen LogP contribution in [0.25, 0.3) is 0 Å². The third-order valence-electron chi connectivity index (χ3n) is 1.53. The fraction of sp³-hybridized carbons (Fsp3) is 0.500. The maximum Gasteiger partial charge on any atom is 0.0137 e. The molecular formula is C12H20S. The quantitative estimate of drug-likeness (QED) is 0.478. The lowest BCUT2D eigenvalue weighted by Crippen LogP contribution is -1.85. The van der Waals surface area contributed by atoms with Crippen molar-refractivity contribution in [1.29, 1.82) is 0 Å². The summed E-state index contributed by atoms with van der Waals surface area (Å²) in [4.78, 5) is 0. The van der Waals surface area contributed by atoms with Gasteiger partial charge in [0.05, 0.1) is 0 Å². The van der Waals surface area contributed by atoms with Crippen LogP contribution in [0.15, 0.2) is 24.3 Å². The minimum atomic E-state index is -0.656. The van der Waals surface area contributed by atoms with Crippen LogP contribution >= 0.6 is 10.0 Å². The second kappa shape index (κ2) is 5.19. The highest BCUT2D eigenvalue weighted by Crippen LogP contribution is 2.32. The van der Waals surface area contributed by atoms with E-state index in [0.29, 0.717) is 0 Å². The average molecular weight is 196 g/mol.